The number of hydrogen-bond acceptors (Lipinski definition) is 4. The molecule has 19 heavy (non-hydrogen) atoms. The number of nitrogens with two attached hydrogens (primary N) is 1. The van der Waals surface area contributed by atoms with E-state index < -0.39 is 10.5 Å². The second-order valence-corrected chi connectivity index (χ2v) is 5.30. The number of nitrogens with zero attached hydrogens (tertiary/aromatic N) is 1. The minimum absolute atomic E-state index is 0.141. The van der Waals surface area contributed by atoms with Crippen LogP contribution in [0.3, 0.4) is 0 Å². The molecule has 1 fully saturated rings. The highest BCUT2D eigenvalue weighted by molar-refractivity contribution is 6.31. The van der Waals surface area contributed by atoms with E-state index >= 15 is 0 Å². The van der Waals surface area contributed by atoms with E-state index in [1.807, 2.05) is 0 Å². The van der Waals surface area contributed by atoms with Crippen LogP contribution in [0.4, 0.5) is 11.4 Å². The first-order chi connectivity index (χ1) is 8.89. The predicted molar refractivity (Wildman–Crippen MR) is 72.1 cm³/mol. The highest BCUT2D eigenvalue weighted by atomic mass is 35.5. The summed E-state index contributed by atoms with van der Waals surface area (Å²) in [6.45, 7) is 0. The summed E-state index contributed by atoms with van der Waals surface area (Å²) in [7, 11) is 0. The number of rotatable bonds is 4. The maximum Gasteiger partial charge on any atom is 0.294 e. The van der Waals surface area contributed by atoms with Gasteiger partial charge >= 0.3 is 0 Å². The Morgan fingerprint density at radius 1 is 1.53 bits per heavy atom. The van der Waals surface area contributed by atoms with Gasteiger partial charge in [-0.1, -0.05) is 11.6 Å². The van der Waals surface area contributed by atoms with Crippen LogP contribution >= 0.6 is 11.6 Å². The largest absolute Gasteiger partial charge is 0.325 e. The topological polar surface area (TPSA) is 98.3 Å². The van der Waals surface area contributed by atoms with Gasteiger partial charge in [0.1, 0.15) is 5.69 Å². The second kappa shape index (κ2) is 5.14. The zero-order valence-electron chi connectivity index (χ0n) is 10.2. The first kappa shape index (κ1) is 13.8. The number of carbonyl (C=O) groups excluding carboxylic acids is 1. The van der Waals surface area contributed by atoms with Crippen LogP contribution in [-0.4, -0.2) is 16.4 Å². The van der Waals surface area contributed by atoms with Gasteiger partial charge in [0.15, 0.2) is 0 Å². The molecule has 0 heterocycles. The lowest BCUT2D eigenvalue weighted by Gasteiger charge is -2.37. The summed E-state index contributed by atoms with van der Waals surface area (Å²) < 4.78 is 0. The van der Waals surface area contributed by atoms with Crippen LogP contribution in [0.15, 0.2) is 18.2 Å². The first-order valence-corrected chi connectivity index (χ1v) is 6.30. The molecule has 3 N–H and O–H groups in total. The number of halogens is 1. The minimum atomic E-state index is -0.580. The van der Waals surface area contributed by atoms with Crippen LogP contribution in [-0.2, 0) is 4.79 Å². The fraction of sp³-hybridized carbons (Fsp3) is 0.417. The highest BCUT2D eigenvalue weighted by Crippen LogP contribution is 2.33. The number of amides is 1. The van der Waals surface area contributed by atoms with Gasteiger partial charge in [-0.2, -0.15) is 0 Å². The molecule has 102 valence electrons. The van der Waals surface area contributed by atoms with Crippen molar-refractivity contribution in [2.45, 2.75) is 31.2 Å². The minimum Gasteiger partial charge on any atom is -0.325 e. The zero-order chi connectivity index (χ0) is 14.0. The average Bonchev–Trinajstić information content (AvgIpc) is 2.29. The lowest BCUT2D eigenvalue weighted by atomic mass is 9.75. The summed E-state index contributed by atoms with van der Waals surface area (Å²) >= 11 is 5.70. The van der Waals surface area contributed by atoms with Crippen molar-refractivity contribution in [3.05, 3.63) is 33.3 Å². The third-order valence-corrected chi connectivity index (χ3v) is 3.53. The highest BCUT2D eigenvalue weighted by Gasteiger charge is 2.35. The van der Waals surface area contributed by atoms with E-state index in [1.165, 1.54) is 18.2 Å². The first-order valence-electron chi connectivity index (χ1n) is 5.92. The molecule has 1 aliphatic rings. The number of carbonyl (C=O) groups is 1. The fourth-order valence-electron chi connectivity index (χ4n) is 2.08. The lowest BCUT2D eigenvalue weighted by molar-refractivity contribution is -0.383. The van der Waals surface area contributed by atoms with Gasteiger partial charge in [-0.3, -0.25) is 14.9 Å². The Hall–Kier alpha value is -1.66. The van der Waals surface area contributed by atoms with Crippen LogP contribution < -0.4 is 11.1 Å². The Balaban J connectivity index is 2.10. The Labute approximate surface area is 115 Å². The van der Waals surface area contributed by atoms with Crippen LogP contribution in [0.25, 0.3) is 0 Å². The third kappa shape index (κ3) is 3.21. The number of benzene rings is 1. The summed E-state index contributed by atoms with van der Waals surface area (Å²) in [6, 6.07) is 4.12. The van der Waals surface area contributed by atoms with E-state index in [0.29, 0.717) is 0 Å². The summed E-state index contributed by atoms with van der Waals surface area (Å²) in [5.74, 6) is -0.312. The average molecular weight is 284 g/mol. The van der Waals surface area contributed by atoms with E-state index in [1.54, 1.807) is 0 Å². The van der Waals surface area contributed by atoms with E-state index in [9.17, 15) is 14.9 Å². The molecule has 0 saturated heterocycles. The van der Waals surface area contributed by atoms with Gasteiger partial charge in [-0.05, 0) is 31.4 Å². The van der Waals surface area contributed by atoms with Gasteiger partial charge < -0.3 is 11.1 Å². The molecule has 7 heteroatoms. The monoisotopic (exact) mass is 283 g/mol. The van der Waals surface area contributed by atoms with Crippen molar-refractivity contribution in [3.8, 4) is 0 Å². The van der Waals surface area contributed by atoms with Crippen molar-refractivity contribution >= 4 is 28.9 Å². The molecule has 0 aromatic heterocycles. The molecule has 0 unspecified atom stereocenters. The van der Waals surface area contributed by atoms with E-state index in [0.717, 1.165) is 19.3 Å². The predicted octanol–water partition coefficient (Wildman–Crippen LogP) is 2.46. The molecule has 1 aromatic carbocycles. The van der Waals surface area contributed by atoms with Gasteiger partial charge in [0.2, 0.25) is 5.91 Å². The van der Waals surface area contributed by atoms with Crippen molar-refractivity contribution < 1.29 is 9.72 Å². The Bertz CT molecular complexity index is 529. The summed E-state index contributed by atoms with van der Waals surface area (Å²) in [5.41, 5.74) is 5.43. The van der Waals surface area contributed by atoms with Gasteiger partial charge in [0, 0.05) is 23.0 Å². The van der Waals surface area contributed by atoms with Crippen LogP contribution in [0.1, 0.15) is 25.7 Å². The van der Waals surface area contributed by atoms with Crippen LogP contribution in [0.5, 0.6) is 0 Å². The molecule has 1 aromatic rings. The van der Waals surface area contributed by atoms with E-state index in [4.69, 9.17) is 17.3 Å². The van der Waals surface area contributed by atoms with E-state index in [-0.39, 0.29) is 28.7 Å². The number of anilines is 1. The smallest absolute Gasteiger partial charge is 0.294 e. The molecule has 6 nitrogen and oxygen atoms in total. The zero-order valence-corrected chi connectivity index (χ0v) is 10.9. The van der Waals surface area contributed by atoms with Crippen molar-refractivity contribution in [1.29, 1.82) is 0 Å². The quantitative estimate of drug-likeness (QED) is 0.655. The number of nitro groups is 1. The van der Waals surface area contributed by atoms with Crippen LogP contribution in [0, 0.1) is 10.1 Å². The van der Waals surface area contributed by atoms with Gasteiger partial charge in [-0.15, -0.1) is 0 Å². The van der Waals surface area contributed by atoms with Gasteiger partial charge in [-0.25, -0.2) is 0 Å². The molecule has 0 bridgehead atoms. The molecule has 0 atom stereocenters. The molecule has 1 saturated carbocycles. The molecule has 0 spiro atoms. The fourth-order valence-corrected chi connectivity index (χ4v) is 2.25. The maximum absolute atomic E-state index is 11.8. The van der Waals surface area contributed by atoms with Crippen molar-refractivity contribution in [2.24, 2.45) is 5.73 Å². The molecule has 0 radical (unpaired) electrons. The Morgan fingerprint density at radius 3 is 2.74 bits per heavy atom. The Morgan fingerprint density at radius 2 is 2.21 bits per heavy atom. The summed E-state index contributed by atoms with van der Waals surface area (Å²) in [6.07, 6.45) is 2.81. The maximum atomic E-state index is 11.8. The summed E-state index contributed by atoms with van der Waals surface area (Å²) in [5, 5.41) is 13.7. The standard InChI is InChI=1S/C12H14ClN3O3/c13-8-2-3-9(10(6-8)16(18)19)15-11(17)7-12(14)4-1-5-12/h2-3,6H,1,4-5,7,14H2,(H,15,17). The summed E-state index contributed by atoms with van der Waals surface area (Å²) in [4.78, 5) is 22.1. The number of nitrogens with one attached hydrogen (secondary N) is 1. The number of nitro benzene ring substituents is 1. The SMILES string of the molecule is NC1(CC(=O)Nc2ccc(Cl)cc2[N+](=O)[O-])CCC1. The van der Waals surface area contributed by atoms with Crippen LogP contribution in [0.2, 0.25) is 5.02 Å². The molecule has 0 aliphatic heterocycles. The van der Waals surface area contributed by atoms with Crippen molar-refractivity contribution in [1.82, 2.24) is 0 Å². The Kier molecular flexibility index (Phi) is 3.73. The molecule has 2 rings (SSSR count). The van der Waals surface area contributed by atoms with Gasteiger partial charge in [0.25, 0.3) is 5.69 Å². The molecule has 1 amide bonds. The van der Waals surface area contributed by atoms with Crippen molar-refractivity contribution in [3.63, 3.8) is 0 Å². The molecular weight excluding hydrogens is 270 g/mol. The van der Waals surface area contributed by atoms with E-state index in [2.05, 4.69) is 5.32 Å². The third-order valence-electron chi connectivity index (χ3n) is 3.29. The second-order valence-electron chi connectivity index (χ2n) is 4.86. The number of hydrogen-bond donors (Lipinski definition) is 2. The van der Waals surface area contributed by atoms with Gasteiger partial charge in [0.05, 0.1) is 4.92 Å². The molecular formula is C12H14ClN3O3. The molecule has 1 aliphatic carbocycles. The lowest BCUT2D eigenvalue weighted by Crippen LogP contribution is -2.48. The van der Waals surface area contributed by atoms with Crippen molar-refractivity contribution in [2.75, 3.05) is 5.32 Å². The normalized spacial score (nSPS) is 16.5.